The quantitative estimate of drug-likeness (QED) is 0.0128. The molecule has 0 radical (unpaired) electrons. The predicted octanol–water partition coefficient (Wildman–Crippen LogP) is -7.71. The number of aliphatic hydroxyl groups is 9. The van der Waals surface area contributed by atoms with E-state index in [0.717, 1.165) is 46.5 Å². The number of rotatable bonds is 27. The Morgan fingerprint density at radius 1 is 0.608 bits per heavy atom. The van der Waals surface area contributed by atoms with Gasteiger partial charge in [-0.25, -0.2) is 8.42 Å². The number of benzene rings is 1. The zero-order valence-corrected chi connectivity index (χ0v) is 47.3. The van der Waals surface area contributed by atoms with Gasteiger partial charge in [-0.05, 0) is 43.9 Å². The second kappa shape index (κ2) is 32.6. The van der Waals surface area contributed by atoms with Gasteiger partial charge in [-0.15, -0.1) is 0 Å². The molecule has 5 rings (SSSR count). The largest absolute Gasteiger partial charge is 1.00 e. The molecular formula is C48H75N4NaO25S. The van der Waals surface area contributed by atoms with E-state index in [1.54, 1.807) is 12.1 Å². The summed E-state index contributed by atoms with van der Waals surface area (Å²) in [5, 5.41) is 109. The molecule has 31 heteroatoms. The van der Waals surface area contributed by atoms with Crippen molar-refractivity contribution >= 4 is 34.0 Å². The Hall–Kier alpha value is -3.13. The van der Waals surface area contributed by atoms with E-state index in [1.807, 2.05) is 0 Å². The minimum Gasteiger partial charge on any atom is -0.726 e. The van der Waals surface area contributed by atoms with Gasteiger partial charge in [0.1, 0.15) is 103 Å². The molecule has 8 unspecified atom stereocenters. The summed E-state index contributed by atoms with van der Waals surface area (Å²) in [5.74, 6) is -2.88. The Labute approximate surface area is 478 Å². The maximum absolute atomic E-state index is 13.8. The minimum absolute atomic E-state index is 0. The Balaban J connectivity index is 0.0000134. The molecule has 444 valence electrons. The van der Waals surface area contributed by atoms with E-state index < -0.39 is 183 Å². The summed E-state index contributed by atoms with van der Waals surface area (Å²) >= 11 is 0. The maximum Gasteiger partial charge on any atom is 1.00 e. The van der Waals surface area contributed by atoms with Crippen molar-refractivity contribution in [3.05, 3.63) is 42.0 Å². The van der Waals surface area contributed by atoms with Gasteiger partial charge in [0.15, 0.2) is 25.2 Å². The predicted molar refractivity (Wildman–Crippen MR) is 262 cm³/mol. The van der Waals surface area contributed by atoms with Crippen LogP contribution in [0.15, 0.2) is 36.4 Å². The standard InChI is InChI=1S/C48H76N4O25S.Na/c1-5-6-7-8-9-10-11-12-13-17-69-27-16-14-15-26(18-27)44(64)52-33-37(60)36(59)28(19-53)72-46(33)75-41-29(20-54)73-47(34(39(41)62)50-24(3)57)76-42-30(21-55)74-48(35(40(42)63)51-25(4)58)77-43-31(22-70-78(66,67)68)71-45(65)32(38(43)61)49-23(2)56;/h10-11,14-16,18,28-43,45-48,53-55,59-63,65H,5-9,12-13,17,19-22H2,1-4H3,(H,49,56)(H,50,57)(H,51,58)(H,52,64)(H,66,67,68);/q;+1/p-1/b11-10-;/t28?,29-,30?,31-,32?,33?,34?,35?,36+,37+,38?,39?,40+,41+,42+,43+,45+,46-,47-,48-;/m0./s1. The van der Waals surface area contributed by atoms with Crippen molar-refractivity contribution in [1.82, 2.24) is 21.3 Å². The Morgan fingerprint density at radius 2 is 1.08 bits per heavy atom. The third kappa shape index (κ3) is 19.5. The molecule has 1 aromatic carbocycles. The van der Waals surface area contributed by atoms with Gasteiger partial charge < -0.3 is 110 Å². The molecule has 4 fully saturated rings. The summed E-state index contributed by atoms with van der Waals surface area (Å²) < 4.78 is 85.6. The molecule has 0 aromatic heterocycles. The van der Waals surface area contributed by atoms with Crippen molar-refractivity contribution < 1.29 is 150 Å². The van der Waals surface area contributed by atoms with E-state index in [0.29, 0.717) is 18.8 Å². The summed E-state index contributed by atoms with van der Waals surface area (Å²) in [6, 6.07) is -0.712. The molecule has 79 heavy (non-hydrogen) atoms. The van der Waals surface area contributed by atoms with Gasteiger partial charge in [-0.1, -0.05) is 44.4 Å². The molecule has 0 aliphatic carbocycles. The van der Waals surface area contributed by atoms with Crippen LogP contribution >= 0.6 is 0 Å². The number of unbranched alkanes of at least 4 members (excludes halogenated alkanes) is 5. The Bertz CT molecular complexity index is 2230. The number of nitrogens with one attached hydrogen (secondary N) is 4. The molecule has 4 saturated heterocycles. The molecule has 4 aliphatic rings. The van der Waals surface area contributed by atoms with Crippen molar-refractivity contribution in [1.29, 1.82) is 0 Å². The van der Waals surface area contributed by atoms with E-state index in [4.69, 9.17) is 37.9 Å². The molecule has 0 saturated carbocycles. The summed E-state index contributed by atoms with van der Waals surface area (Å²) in [7, 11) is -5.41. The fourth-order valence-corrected chi connectivity index (χ4v) is 9.65. The monoisotopic (exact) mass is 1160 g/mol. The van der Waals surface area contributed by atoms with Crippen molar-refractivity contribution in [2.24, 2.45) is 0 Å². The number of ether oxygens (including phenoxy) is 8. The van der Waals surface area contributed by atoms with Gasteiger partial charge in [0.05, 0.1) is 33.0 Å². The van der Waals surface area contributed by atoms with Crippen molar-refractivity contribution in [3.8, 4) is 5.75 Å². The van der Waals surface area contributed by atoms with Crippen LogP contribution in [0.5, 0.6) is 5.75 Å². The van der Waals surface area contributed by atoms with Crippen LogP contribution in [0.25, 0.3) is 0 Å². The van der Waals surface area contributed by atoms with E-state index in [2.05, 4.69) is 44.5 Å². The number of hydrogen-bond acceptors (Lipinski definition) is 25. The van der Waals surface area contributed by atoms with Gasteiger partial charge in [-0.3, -0.25) is 23.4 Å². The number of aliphatic hydroxyl groups excluding tert-OH is 9. The van der Waals surface area contributed by atoms with Crippen LogP contribution < -0.4 is 55.6 Å². The molecule has 4 amide bonds. The molecule has 20 atom stereocenters. The second-order valence-electron chi connectivity index (χ2n) is 19.2. The van der Waals surface area contributed by atoms with Crippen molar-refractivity contribution in [3.63, 3.8) is 0 Å². The second-order valence-corrected chi connectivity index (χ2v) is 20.3. The van der Waals surface area contributed by atoms with E-state index in [-0.39, 0.29) is 35.1 Å². The van der Waals surface area contributed by atoms with E-state index >= 15 is 0 Å². The summed E-state index contributed by atoms with van der Waals surface area (Å²) in [6.45, 7) is 1.50. The fourth-order valence-electron chi connectivity index (χ4n) is 9.35. The minimum atomic E-state index is -5.41. The number of allylic oxidation sites excluding steroid dienone is 2. The third-order valence-electron chi connectivity index (χ3n) is 13.2. The summed E-state index contributed by atoms with van der Waals surface area (Å²) in [6.07, 6.45) is -18.3. The topological polar surface area (TPSA) is 439 Å². The molecule has 1 aromatic rings. The smallest absolute Gasteiger partial charge is 0.726 e. The molecule has 4 aliphatic heterocycles. The summed E-state index contributed by atoms with van der Waals surface area (Å²) in [4.78, 5) is 51.1. The fraction of sp³-hybridized carbons (Fsp3) is 0.750. The van der Waals surface area contributed by atoms with Crippen molar-refractivity contribution in [2.75, 3.05) is 33.0 Å². The van der Waals surface area contributed by atoms with Crippen molar-refractivity contribution in [2.45, 2.75) is 195 Å². The van der Waals surface area contributed by atoms with Crippen LogP contribution in [0.1, 0.15) is 83.0 Å². The zero-order valence-electron chi connectivity index (χ0n) is 44.5. The first-order chi connectivity index (χ1) is 37.0. The SMILES string of the molecule is CCCCCC/C=C\CCCOc1cccc(C(=O)NC2[C@H](O[C@H]3C(O)C(NC(C)=O)[C@H](O[C@@H]4C(CO)O[C@@H](O[C@H]5C(O)C(NC(C)=O)[C@H](O)O[C@H]5COS(=O)(=O)[O-])C(NC(C)=O)[C@H]4O)O[C@H]3CO)OC(CO)[C@@H](O)[C@@H]2O)c1.[Na+]. The molecule has 13 N–H and O–H groups in total. The third-order valence-corrected chi connectivity index (χ3v) is 13.6. The normalized spacial score (nSPS) is 35.0. The molecule has 0 bridgehead atoms. The van der Waals surface area contributed by atoms with Crippen LogP contribution in [-0.2, 0) is 62.1 Å². The Morgan fingerprint density at radius 3 is 1.57 bits per heavy atom. The number of carbonyl (C=O) groups is 4. The van der Waals surface area contributed by atoms with Crippen LogP contribution in [0.2, 0.25) is 0 Å². The van der Waals surface area contributed by atoms with Crippen LogP contribution in [-0.4, -0.2) is 238 Å². The molecule has 0 spiro atoms. The molecule has 29 nitrogen and oxygen atoms in total. The average Bonchev–Trinajstić information content (AvgIpc) is 3.47. The number of hydrogen-bond donors (Lipinski definition) is 13. The zero-order chi connectivity index (χ0) is 57.4. The average molecular weight is 1160 g/mol. The van der Waals surface area contributed by atoms with Crippen LogP contribution in [0, 0.1) is 0 Å². The number of amides is 4. The Kier molecular flexibility index (Phi) is 28.3. The summed E-state index contributed by atoms with van der Waals surface area (Å²) in [5.41, 5.74) is 0.0566. The molecular weight excluding hydrogens is 1090 g/mol. The van der Waals surface area contributed by atoms with Crippen LogP contribution in [0.3, 0.4) is 0 Å². The van der Waals surface area contributed by atoms with Gasteiger partial charge >= 0.3 is 29.6 Å². The molecule has 4 heterocycles. The van der Waals surface area contributed by atoms with Gasteiger partial charge in [0, 0.05) is 26.3 Å². The first-order valence-corrected chi connectivity index (χ1v) is 26.9. The number of carbonyl (C=O) groups excluding carboxylic acids is 4. The first-order valence-electron chi connectivity index (χ1n) is 25.6. The first kappa shape index (κ1) is 68.4. The maximum atomic E-state index is 13.8. The van der Waals surface area contributed by atoms with E-state index in [1.165, 1.54) is 25.0 Å². The van der Waals surface area contributed by atoms with Gasteiger partial charge in [0.2, 0.25) is 28.1 Å². The van der Waals surface area contributed by atoms with Gasteiger partial charge in [0.25, 0.3) is 5.91 Å². The van der Waals surface area contributed by atoms with E-state index in [9.17, 15) is 78.1 Å². The van der Waals surface area contributed by atoms with Crippen LogP contribution in [0.4, 0.5) is 0 Å². The van der Waals surface area contributed by atoms with Gasteiger partial charge in [-0.2, -0.15) is 0 Å².